The molecule has 21 fully saturated rings. The molecule has 0 aromatic rings. The third kappa shape index (κ3) is 0.269. The average molecular weight is 409 g/mol. The van der Waals surface area contributed by atoms with Crippen LogP contribution in [0.1, 0.15) is 25.7 Å². The van der Waals surface area contributed by atoms with Crippen molar-refractivity contribution in [1.82, 2.24) is 0 Å². The highest BCUT2D eigenvalue weighted by atomic mass is 15.6. The van der Waals surface area contributed by atoms with Crippen LogP contribution in [0, 0.1) is 160 Å². The summed E-state index contributed by atoms with van der Waals surface area (Å²) in [6.45, 7) is 0. The second-order valence-corrected chi connectivity index (χ2v) is 19.9. The minimum atomic E-state index is 1.10. The molecule has 0 N–H and O–H groups in total. The standard InChI is InChI=1S/C32H24/c1-2-6-12-16-8-4-10-18-17-9-3-7-15-11-5(1)13-19-20-14(6)24(12)26(16)22(8,10)28(18)27(17)21(7,9)25(15)23(11,13)29(19)30(20,24)32(26,28)31(25,27)29/h5-20H,1-4H2. The maximum absolute atomic E-state index is 1.80. The maximum Gasteiger partial charge on any atom is -0.00108 e. The van der Waals surface area contributed by atoms with E-state index in [0.717, 1.165) is 65.0 Å². The Labute approximate surface area is 185 Å². The molecule has 0 amide bonds. The molecular weight excluding hydrogens is 384 g/mol. The van der Waals surface area contributed by atoms with Crippen LogP contribution in [0.5, 0.6) is 0 Å². The zero-order valence-electron chi connectivity index (χ0n) is 18.1. The van der Waals surface area contributed by atoms with E-state index in [1.54, 1.807) is 25.7 Å². The topological polar surface area (TPSA) is 0 Å². The predicted molar refractivity (Wildman–Crippen MR) is 104 cm³/mol. The summed E-state index contributed by atoms with van der Waals surface area (Å²) in [5, 5.41) is 0. The molecule has 0 aliphatic heterocycles. The summed E-state index contributed by atoms with van der Waals surface area (Å²) in [6, 6.07) is 0. The van der Waals surface area contributed by atoms with E-state index in [9.17, 15) is 0 Å². The minimum Gasteiger partial charge on any atom is -0.0496 e. The fourth-order valence-electron chi connectivity index (χ4n) is 31.8. The number of hydrogen-bond donors (Lipinski definition) is 0. The smallest absolute Gasteiger partial charge is 0.00108 e. The molecule has 0 nitrogen and oxygen atoms in total. The molecule has 0 aromatic carbocycles. The molecule has 0 heterocycles. The molecule has 28 atom stereocenters. The van der Waals surface area contributed by atoms with Gasteiger partial charge in [0.2, 0.25) is 0 Å². The second kappa shape index (κ2) is 1.81. The van der Waals surface area contributed by atoms with E-state index in [-0.39, 0.29) is 0 Å². The third-order valence-corrected chi connectivity index (χ3v) is 25.8. The highest BCUT2D eigenvalue weighted by Gasteiger charge is 3.55. The first-order chi connectivity index (χ1) is 15.9. The molecule has 0 heteroatoms. The van der Waals surface area contributed by atoms with Crippen LogP contribution in [0.2, 0.25) is 0 Å². The van der Waals surface area contributed by atoms with Crippen LogP contribution in [-0.4, -0.2) is 0 Å². The van der Waals surface area contributed by atoms with Crippen molar-refractivity contribution in [3.63, 3.8) is 0 Å². The molecule has 0 radical (unpaired) electrons. The first-order valence-electron chi connectivity index (χ1n) is 15.9. The van der Waals surface area contributed by atoms with Crippen molar-refractivity contribution in [3.05, 3.63) is 0 Å². The predicted octanol–water partition coefficient (Wildman–Crippen LogP) is 3.53. The van der Waals surface area contributed by atoms with E-state index in [0.29, 0.717) is 0 Å². The van der Waals surface area contributed by atoms with Gasteiger partial charge in [0, 0.05) is 0 Å². The van der Waals surface area contributed by atoms with Crippen LogP contribution < -0.4 is 0 Å². The summed E-state index contributed by atoms with van der Waals surface area (Å²) in [5.41, 5.74) is 13.4. The lowest BCUT2D eigenvalue weighted by Crippen LogP contribution is -3.53. The lowest BCUT2D eigenvalue weighted by atomic mass is 8.48. The Balaban J connectivity index is 1.10. The fraction of sp³-hybridized carbons (Fsp3) is 1.00. The van der Waals surface area contributed by atoms with Gasteiger partial charge in [0.1, 0.15) is 0 Å². The maximum atomic E-state index is 1.80. The Morgan fingerprint density at radius 1 is 0.344 bits per heavy atom. The summed E-state index contributed by atoms with van der Waals surface area (Å²) in [4.78, 5) is 0. The van der Waals surface area contributed by atoms with Crippen LogP contribution in [0.25, 0.3) is 0 Å². The molecule has 12 spiro atoms. The molecule has 21 saturated carbocycles. The van der Waals surface area contributed by atoms with E-state index >= 15 is 0 Å². The molecule has 0 aromatic heterocycles. The number of fused-ring (bicyclic) bond motifs is 9. The average Bonchev–Trinajstić information content (AvgIpc) is 2.66. The SMILES string of the molecule is C1CC2C3C4C5CC6C7C8C9CC%10C%11C%12C1C1C%13C%14C2C32C43C56C74C85C%109C%116C%121C%131C%142C34C651. The summed E-state index contributed by atoms with van der Waals surface area (Å²) < 4.78 is 0. The van der Waals surface area contributed by atoms with E-state index in [1.165, 1.54) is 94.7 Å². The van der Waals surface area contributed by atoms with Gasteiger partial charge in [-0.3, -0.25) is 0 Å². The molecule has 0 bridgehead atoms. The van der Waals surface area contributed by atoms with Crippen molar-refractivity contribution in [2.45, 2.75) is 25.7 Å². The number of rotatable bonds is 0. The highest BCUT2D eigenvalue weighted by Crippen LogP contribution is 3.56. The normalized spacial score (nSPS) is 129. The van der Waals surface area contributed by atoms with Crippen LogP contribution >= 0.6 is 0 Å². The molecule has 28 unspecified atom stereocenters. The Morgan fingerprint density at radius 2 is 0.719 bits per heavy atom. The molecule has 21 aliphatic rings. The van der Waals surface area contributed by atoms with Crippen molar-refractivity contribution >= 4 is 0 Å². The van der Waals surface area contributed by atoms with E-state index in [4.69, 9.17) is 0 Å². The molecular formula is C32H24. The molecule has 21 rings (SSSR count). The van der Waals surface area contributed by atoms with Gasteiger partial charge < -0.3 is 0 Å². The largest absolute Gasteiger partial charge is 0.0496 e. The molecule has 21 aliphatic carbocycles. The highest BCUT2D eigenvalue weighted by molar-refractivity contribution is 5.99. The Kier molecular flexibility index (Phi) is 0.645. The quantitative estimate of drug-likeness (QED) is 0.575. The van der Waals surface area contributed by atoms with Gasteiger partial charge in [-0.05, 0) is 185 Å². The van der Waals surface area contributed by atoms with Crippen molar-refractivity contribution in [3.8, 4) is 0 Å². The Hall–Kier alpha value is 0. The molecule has 0 saturated heterocycles. The zero-order chi connectivity index (χ0) is 18.1. The third-order valence-electron chi connectivity index (χ3n) is 25.8. The van der Waals surface area contributed by atoms with Crippen molar-refractivity contribution in [2.24, 2.45) is 160 Å². The van der Waals surface area contributed by atoms with Gasteiger partial charge in [-0.15, -0.1) is 0 Å². The molecule has 152 valence electrons. The van der Waals surface area contributed by atoms with Crippen molar-refractivity contribution in [2.75, 3.05) is 0 Å². The molecule has 32 heavy (non-hydrogen) atoms. The van der Waals surface area contributed by atoms with Gasteiger partial charge in [0.15, 0.2) is 0 Å². The second-order valence-electron chi connectivity index (χ2n) is 19.9. The summed E-state index contributed by atoms with van der Waals surface area (Å²) in [7, 11) is 0. The van der Waals surface area contributed by atoms with Gasteiger partial charge >= 0.3 is 0 Å². The lowest BCUT2D eigenvalue weighted by molar-refractivity contribution is -1.10. The fourth-order valence-corrected chi connectivity index (χ4v) is 31.8. The van der Waals surface area contributed by atoms with Gasteiger partial charge in [-0.2, -0.15) is 0 Å². The van der Waals surface area contributed by atoms with Crippen LogP contribution in [0.4, 0.5) is 0 Å². The first kappa shape index (κ1) is 11.4. The Bertz CT molecular complexity index is 1580. The van der Waals surface area contributed by atoms with Crippen molar-refractivity contribution in [1.29, 1.82) is 0 Å². The van der Waals surface area contributed by atoms with Crippen LogP contribution in [-0.2, 0) is 0 Å². The Morgan fingerprint density at radius 3 is 1.19 bits per heavy atom. The van der Waals surface area contributed by atoms with E-state index < -0.39 is 0 Å². The monoisotopic (exact) mass is 408 g/mol. The van der Waals surface area contributed by atoms with E-state index in [2.05, 4.69) is 0 Å². The van der Waals surface area contributed by atoms with Crippen molar-refractivity contribution < 1.29 is 0 Å². The van der Waals surface area contributed by atoms with Crippen LogP contribution in [0.15, 0.2) is 0 Å². The lowest BCUT2D eigenvalue weighted by Gasteiger charge is -3.55. The summed E-state index contributed by atoms with van der Waals surface area (Å²) >= 11 is 0. The van der Waals surface area contributed by atoms with Gasteiger partial charge in [0.25, 0.3) is 0 Å². The minimum absolute atomic E-state index is 1.10. The summed E-state index contributed by atoms with van der Waals surface area (Å²) in [5.74, 6) is 21.8. The van der Waals surface area contributed by atoms with Gasteiger partial charge in [-0.1, -0.05) is 0 Å². The number of hydrogen-bond acceptors (Lipinski definition) is 0. The van der Waals surface area contributed by atoms with Crippen LogP contribution in [0.3, 0.4) is 0 Å². The first-order valence-corrected chi connectivity index (χ1v) is 15.9. The zero-order valence-corrected chi connectivity index (χ0v) is 18.1. The van der Waals surface area contributed by atoms with Gasteiger partial charge in [0.05, 0.1) is 0 Å². The van der Waals surface area contributed by atoms with Gasteiger partial charge in [-0.25, -0.2) is 0 Å². The summed E-state index contributed by atoms with van der Waals surface area (Å²) in [6.07, 6.45) is 7.14. The van der Waals surface area contributed by atoms with E-state index in [1.807, 2.05) is 0 Å².